The van der Waals surface area contributed by atoms with E-state index in [0.717, 1.165) is 19.4 Å². The Morgan fingerprint density at radius 1 is 1.67 bits per heavy atom. The third-order valence-electron chi connectivity index (χ3n) is 2.65. The van der Waals surface area contributed by atoms with Gasteiger partial charge in [0.1, 0.15) is 0 Å². The third-order valence-corrected chi connectivity index (χ3v) is 2.65. The van der Waals surface area contributed by atoms with Crippen LogP contribution in [0.15, 0.2) is 0 Å². The van der Waals surface area contributed by atoms with Crippen molar-refractivity contribution >= 4 is 5.97 Å². The van der Waals surface area contributed by atoms with Gasteiger partial charge in [-0.1, -0.05) is 0 Å². The van der Waals surface area contributed by atoms with Crippen molar-refractivity contribution in [2.45, 2.75) is 25.9 Å². The molecular formula is C9H14O3. The number of carbonyl (C=O) groups excluding carboxylic acids is 1. The molecule has 3 atom stereocenters. The van der Waals surface area contributed by atoms with Gasteiger partial charge in [-0.25, -0.2) is 0 Å². The van der Waals surface area contributed by atoms with Crippen LogP contribution in [0, 0.1) is 11.8 Å². The standard InChI is InChI=1S/C9H14O3/c1-2-11-9(10)7-6-4-3-5-12-8(6)7/h6-8H,2-5H2,1H3/t6-,7?,8?/m1/s1. The molecule has 2 fully saturated rings. The van der Waals surface area contributed by atoms with Gasteiger partial charge in [-0.15, -0.1) is 0 Å². The second-order valence-electron chi connectivity index (χ2n) is 3.42. The van der Waals surface area contributed by atoms with Gasteiger partial charge in [0.25, 0.3) is 0 Å². The van der Waals surface area contributed by atoms with Gasteiger partial charge < -0.3 is 9.47 Å². The summed E-state index contributed by atoms with van der Waals surface area (Å²) in [6.07, 6.45) is 2.42. The number of carbonyl (C=O) groups is 1. The van der Waals surface area contributed by atoms with E-state index in [1.807, 2.05) is 6.92 Å². The molecule has 1 saturated heterocycles. The Morgan fingerprint density at radius 3 is 3.08 bits per heavy atom. The van der Waals surface area contributed by atoms with E-state index in [1.54, 1.807) is 0 Å². The van der Waals surface area contributed by atoms with Crippen molar-refractivity contribution in [2.75, 3.05) is 13.2 Å². The van der Waals surface area contributed by atoms with Crippen molar-refractivity contribution in [3.8, 4) is 0 Å². The van der Waals surface area contributed by atoms with Gasteiger partial charge >= 0.3 is 5.97 Å². The zero-order chi connectivity index (χ0) is 8.55. The van der Waals surface area contributed by atoms with Gasteiger partial charge in [0, 0.05) is 12.5 Å². The lowest BCUT2D eigenvalue weighted by Crippen LogP contribution is -2.10. The number of fused-ring (bicyclic) bond motifs is 1. The van der Waals surface area contributed by atoms with Crippen LogP contribution in [0.25, 0.3) is 0 Å². The molecule has 0 N–H and O–H groups in total. The van der Waals surface area contributed by atoms with Crippen LogP contribution < -0.4 is 0 Å². The summed E-state index contributed by atoms with van der Waals surface area (Å²) in [7, 11) is 0. The van der Waals surface area contributed by atoms with Crippen LogP contribution in [-0.2, 0) is 14.3 Å². The summed E-state index contributed by atoms with van der Waals surface area (Å²) in [4.78, 5) is 11.3. The summed E-state index contributed by atoms with van der Waals surface area (Å²) < 4.78 is 10.4. The Balaban J connectivity index is 1.87. The van der Waals surface area contributed by atoms with E-state index in [0.29, 0.717) is 12.5 Å². The lowest BCUT2D eigenvalue weighted by molar-refractivity contribution is -0.145. The summed E-state index contributed by atoms with van der Waals surface area (Å²) in [6, 6.07) is 0. The first-order valence-corrected chi connectivity index (χ1v) is 4.63. The average molecular weight is 170 g/mol. The predicted molar refractivity (Wildman–Crippen MR) is 42.6 cm³/mol. The van der Waals surface area contributed by atoms with E-state index >= 15 is 0 Å². The van der Waals surface area contributed by atoms with E-state index in [9.17, 15) is 4.79 Å². The van der Waals surface area contributed by atoms with Crippen molar-refractivity contribution < 1.29 is 14.3 Å². The molecule has 1 aliphatic heterocycles. The Labute approximate surface area is 72.0 Å². The highest BCUT2D eigenvalue weighted by atomic mass is 16.5. The quantitative estimate of drug-likeness (QED) is 0.579. The van der Waals surface area contributed by atoms with Crippen molar-refractivity contribution in [3.05, 3.63) is 0 Å². The molecule has 1 saturated carbocycles. The molecule has 2 unspecified atom stereocenters. The Kier molecular flexibility index (Phi) is 2.05. The van der Waals surface area contributed by atoms with Crippen molar-refractivity contribution in [1.82, 2.24) is 0 Å². The maximum Gasteiger partial charge on any atom is 0.311 e. The second-order valence-corrected chi connectivity index (χ2v) is 3.42. The highest BCUT2D eigenvalue weighted by Gasteiger charge is 2.57. The molecule has 0 amide bonds. The van der Waals surface area contributed by atoms with Gasteiger partial charge in [0.2, 0.25) is 0 Å². The normalized spacial score (nSPS) is 38.6. The first kappa shape index (κ1) is 8.05. The average Bonchev–Trinajstić information content (AvgIpc) is 2.78. The van der Waals surface area contributed by atoms with Gasteiger partial charge in [-0.2, -0.15) is 0 Å². The second kappa shape index (κ2) is 3.05. The molecule has 1 heterocycles. The van der Waals surface area contributed by atoms with E-state index in [4.69, 9.17) is 9.47 Å². The highest BCUT2D eigenvalue weighted by Crippen LogP contribution is 2.48. The molecule has 0 radical (unpaired) electrons. The van der Waals surface area contributed by atoms with E-state index in [-0.39, 0.29) is 18.0 Å². The monoisotopic (exact) mass is 170 g/mol. The molecule has 2 aliphatic rings. The Hall–Kier alpha value is -0.570. The van der Waals surface area contributed by atoms with Gasteiger partial charge in [-0.3, -0.25) is 4.79 Å². The smallest absolute Gasteiger partial charge is 0.311 e. The number of hydrogen-bond donors (Lipinski definition) is 0. The third kappa shape index (κ3) is 1.22. The van der Waals surface area contributed by atoms with E-state index < -0.39 is 0 Å². The number of rotatable bonds is 2. The first-order valence-electron chi connectivity index (χ1n) is 4.63. The predicted octanol–water partition coefficient (Wildman–Crippen LogP) is 0.974. The van der Waals surface area contributed by atoms with Crippen LogP contribution in [0.3, 0.4) is 0 Å². The maximum atomic E-state index is 11.3. The van der Waals surface area contributed by atoms with Crippen LogP contribution in [0.5, 0.6) is 0 Å². The van der Waals surface area contributed by atoms with E-state index in [2.05, 4.69) is 0 Å². The fraction of sp³-hybridized carbons (Fsp3) is 0.889. The number of hydrogen-bond acceptors (Lipinski definition) is 3. The van der Waals surface area contributed by atoms with Crippen molar-refractivity contribution in [2.24, 2.45) is 11.8 Å². The molecule has 68 valence electrons. The molecule has 12 heavy (non-hydrogen) atoms. The summed E-state index contributed by atoms with van der Waals surface area (Å²) >= 11 is 0. The van der Waals surface area contributed by atoms with Gasteiger partial charge in [-0.05, 0) is 19.8 Å². The molecule has 0 spiro atoms. The summed E-state index contributed by atoms with van der Waals surface area (Å²) in [6.45, 7) is 3.14. The Bertz CT molecular complexity index is 178. The zero-order valence-electron chi connectivity index (χ0n) is 7.29. The van der Waals surface area contributed by atoms with E-state index in [1.165, 1.54) is 0 Å². The van der Waals surface area contributed by atoms with Gasteiger partial charge in [0.15, 0.2) is 0 Å². The van der Waals surface area contributed by atoms with Crippen LogP contribution in [0.4, 0.5) is 0 Å². The topological polar surface area (TPSA) is 35.5 Å². The molecule has 3 nitrogen and oxygen atoms in total. The van der Waals surface area contributed by atoms with Crippen LogP contribution in [-0.4, -0.2) is 25.3 Å². The lowest BCUT2D eigenvalue weighted by atomic mass is 10.2. The fourth-order valence-corrected chi connectivity index (χ4v) is 2.00. The molecule has 2 rings (SSSR count). The number of esters is 1. The van der Waals surface area contributed by atoms with Crippen molar-refractivity contribution in [1.29, 1.82) is 0 Å². The molecule has 1 aliphatic carbocycles. The summed E-state index contributed by atoms with van der Waals surface area (Å²) in [5.41, 5.74) is 0. The fourth-order valence-electron chi connectivity index (χ4n) is 2.00. The van der Waals surface area contributed by atoms with Crippen LogP contribution in [0.2, 0.25) is 0 Å². The largest absolute Gasteiger partial charge is 0.466 e. The maximum absolute atomic E-state index is 11.3. The molecular weight excluding hydrogens is 156 g/mol. The molecule has 0 aromatic carbocycles. The van der Waals surface area contributed by atoms with Crippen LogP contribution >= 0.6 is 0 Å². The lowest BCUT2D eigenvalue weighted by Gasteiger charge is -2.07. The molecule has 0 bridgehead atoms. The minimum absolute atomic E-state index is 0.0607. The Morgan fingerprint density at radius 2 is 2.50 bits per heavy atom. The molecule has 0 aromatic rings. The molecule has 3 heteroatoms. The highest BCUT2D eigenvalue weighted by molar-refractivity contribution is 5.77. The van der Waals surface area contributed by atoms with Crippen molar-refractivity contribution in [3.63, 3.8) is 0 Å². The minimum Gasteiger partial charge on any atom is -0.466 e. The summed E-state index contributed by atoms with van der Waals surface area (Å²) in [5, 5.41) is 0. The zero-order valence-corrected chi connectivity index (χ0v) is 7.29. The van der Waals surface area contributed by atoms with Gasteiger partial charge in [0.05, 0.1) is 18.6 Å². The first-order chi connectivity index (χ1) is 5.84. The SMILES string of the molecule is CCOC(=O)C1C2OCCC[C@@H]21. The van der Waals surface area contributed by atoms with Crippen LogP contribution in [0.1, 0.15) is 19.8 Å². The minimum atomic E-state index is -0.0607. The number of ether oxygens (including phenoxy) is 2. The molecule has 0 aromatic heterocycles. The summed E-state index contributed by atoms with van der Waals surface area (Å²) in [5.74, 6) is 0.472.